The molecule has 0 bridgehead atoms. The second kappa shape index (κ2) is 6.21. The lowest BCUT2D eigenvalue weighted by molar-refractivity contribution is -0.118. The minimum Gasteiger partial charge on any atom is -0.385 e. The molecule has 0 unspecified atom stereocenters. The maximum atomic E-state index is 11.0. The summed E-state index contributed by atoms with van der Waals surface area (Å²) in [5.41, 5.74) is 2.25. The third-order valence-electron chi connectivity index (χ3n) is 2.99. The third kappa shape index (κ3) is 2.90. The molecule has 18 heavy (non-hydrogen) atoms. The molecule has 1 heterocycles. The number of aromatic amines is 1. The number of para-hydroxylation sites is 1. The smallest absolute Gasteiger partial charge is 0.210 e. The van der Waals surface area contributed by atoms with Gasteiger partial charge in [0.1, 0.15) is 0 Å². The summed E-state index contributed by atoms with van der Waals surface area (Å²) in [6.45, 7) is 2.03. The Balaban J connectivity index is 2.04. The number of fused-ring (bicyclic) bond motifs is 1. The van der Waals surface area contributed by atoms with Gasteiger partial charge in [0.05, 0.1) is 0 Å². The highest BCUT2D eigenvalue weighted by Gasteiger charge is 2.07. The summed E-state index contributed by atoms with van der Waals surface area (Å²) in [5.74, 6) is 0. The van der Waals surface area contributed by atoms with E-state index < -0.39 is 0 Å². The first kappa shape index (κ1) is 12.6. The summed E-state index contributed by atoms with van der Waals surface area (Å²) in [7, 11) is 1.67. The van der Waals surface area contributed by atoms with E-state index in [0.29, 0.717) is 13.2 Å². The SMILES string of the molecule is COCCCN(C=O)Cc1c[nH]c2ccccc12. The van der Waals surface area contributed by atoms with E-state index in [9.17, 15) is 4.79 Å². The number of benzene rings is 1. The van der Waals surface area contributed by atoms with Crippen LogP contribution in [0.5, 0.6) is 0 Å². The van der Waals surface area contributed by atoms with Crippen molar-refractivity contribution in [3.63, 3.8) is 0 Å². The molecule has 0 spiro atoms. The van der Waals surface area contributed by atoms with Crippen LogP contribution < -0.4 is 0 Å². The molecule has 0 radical (unpaired) electrons. The highest BCUT2D eigenvalue weighted by Crippen LogP contribution is 2.18. The number of hydrogen-bond donors (Lipinski definition) is 1. The lowest BCUT2D eigenvalue weighted by atomic mass is 10.1. The minimum absolute atomic E-state index is 0.636. The number of aromatic nitrogens is 1. The van der Waals surface area contributed by atoms with Crippen molar-refractivity contribution in [2.24, 2.45) is 0 Å². The molecule has 0 atom stereocenters. The summed E-state index contributed by atoms with van der Waals surface area (Å²) in [5, 5.41) is 1.18. The molecule has 0 aliphatic heterocycles. The van der Waals surface area contributed by atoms with Gasteiger partial charge in [-0.3, -0.25) is 4.79 Å². The van der Waals surface area contributed by atoms with Gasteiger partial charge >= 0.3 is 0 Å². The van der Waals surface area contributed by atoms with E-state index in [2.05, 4.69) is 11.1 Å². The normalized spacial score (nSPS) is 10.7. The van der Waals surface area contributed by atoms with Crippen LogP contribution in [0.2, 0.25) is 0 Å². The third-order valence-corrected chi connectivity index (χ3v) is 2.99. The summed E-state index contributed by atoms with van der Waals surface area (Å²) in [4.78, 5) is 16.0. The molecule has 4 nitrogen and oxygen atoms in total. The Morgan fingerprint density at radius 3 is 3.00 bits per heavy atom. The van der Waals surface area contributed by atoms with Crippen molar-refractivity contribution in [1.82, 2.24) is 9.88 Å². The lowest BCUT2D eigenvalue weighted by Gasteiger charge is -2.16. The van der Waals surface area contributed by atoms with Crippen molar-refractivity contribution in [3.05, 3.63) is 36.0 Å². The Bertz CT molecular complexity index is 507. The highest BCUT2D eigenvalue weighted by molar-refractivity contribution is 5.83. The number of rotatable bonds is 7. The number of hydrogen-bond acceptors (Lipinski definition) is 2. The van der Waals surface area contributed by atoms with Crippen molar-refractivity contribution < 1.29 is 9.53 Å². The fraction of sp³-hybridized carbons (Fsp3) is 0.357. The topological polar surface area (TPSA) is 45.3 Å². The van der Waals surface area contributed by atoms with Gasteiger partial charge in [-0.25, -0.2) is 0 Å². The van der Waals surface area contributed by atoms with E-state index in [-0.39, 0.29) is 0 Å². The zero-order valence-electron chi connectivity index (χ0n) is 10.6. The molecule has 0 saturated heterocycles. The molecule has 0 aliphatic carbocycles. The van der Waals surface area contributed by atoms with Crippen LogP contribution >= 0.6 is 0 Å². The zero-order valence-corrected chi connectivity index (χ0v) is 10.6. The van der Waals surface area contributed by atoms with Gasteiger partial charge in [0.15, 0.2) is 0 Å². The molecule has 96 valence electrons. The summed E-state index contributed by atoms with van der Waals surface area (Å²) in [6.07, 6.45) is 3.73. The number of ether oxygens (including phenoxy) is 1. The maximum absolute atomic E-state index is 11.0. The van der Waals surface area contributed by atoms with E-state index in [4.69, 9.17) is 4.74 Å². The van der Waals surface area contributed by atoms with Crippen molar-refractivity contribution in [2.45, 2.75) is 13.0 Å². The minimum atomic E-state index is 0.636. The summed E-state index contributed by atoms with van der Waals surface area (Å²) < 4.78 is 4.99. The molecule has 1 aromatic carbocycles. The first-order valence-corrected chi connectivity index (χ1v) is 6.08. The Kier molecular flexibility index (Phi) is 4.36. The number of nitrogens with zero attached hydrogens (tertiary/aromatic N) is 1. The standard InChI is InChI=1S/C14H18N2O2/c1-18-8-4-7-16(11-17)10-12-9-15-14-6-3-2-5-13(12)14/h2-3,5-6,9,11,15H,4,7-8,10H2,1H3. The van der Waals surface area contributed by atoms with Crippen molar-refractivity contribution in [1.29, 1.82) is 0 Å². The molecule has 1 N–H and O–H groups in total. The number of methoxy groups -OCH3 is 1. The average molecular weight is 246 g/mol. The van der Waals surface area contributed by atoms with Gasteiger partial charge in [-0.15, -0.1) is 0 Å². The number of H-pyrrole nitrogens is 1. The predicted molar refractivity (Wildman–Crippen MR) is 71.3 cm³/mol. The van der Waals surface area contributed by atoms with Gasteiger partial charge in [0, 0.05) is 43.9 Å². The van der Waals surface area contributed by atoms with Crippen LogP contribution in [0.4, 0.5) is 0 Å². The van der Waals surface area contributed by atoms with Gasteiger partial charge in [-0.05, 0) is 18.1 Å². The van der Waals surface area contributed by atoms with Gasteiger partial charge < -0.3 is 14.6 Å². The number of carbonyl (C=O) groups is 1. The van der Waals surface area contributed by atoms with E-state index in [1.165, 1.54) is 5.39 Å². The molecule has 0 fully saturated rings. The zero-order chi connectivity index (χ0) is 12.8. The van der Waals surface area contributed by atoms with E-state index in [0.717, 1.165) is 30.5 Å². The van der Waals surface area contributed by atoms with Crippen LogP contribution in [0.15, 0.2) is 30.5 Å². The average Bonchev–Trinajstić information content (AvgIpc) is 2.81. The van der Waals surface area contributed by atoms with Gasteiger partial charge in [0.25, 0.3) is 0 Å². The van der Waals surface area contributed by atoms with Crippen LogP contribution in [0, 0.1) is 0 Å². The second-order valence-corrected chi connectivity index (χ2v) is 4.28. The van der Waals surface area contributed by atoms with Crippen molar-refractivity contribution in [3.8, 4) is 0 Å². The Morgan fingerprint density at radius 2 is 2.22 bits per heavy atom. The largest absolute Gasteiger partial charge is 0.385 e. The summed E-state index contributed by atoms with van der Waals surface area (Å²) >= 11 is 0. The quantitative estimate of drug-likeness (QED) is 0.601. The van der Waals surface area contributed by atoms with Gasteiger partial charge in [-0.1, -0.05) is 18.2 Å². The first-order chi connectivity index (χ1) is 8.85. The molecule has 2 aromatic rings. The fourth-order valence-electron chi connectivity index (χ4n) is 2.06. The molecule has 4 heteroatoms. The Labute approximate surface area is 107 Å². The first-order valence-electron chi connectivity index (χ1n) is 6.08. The van der Waals surface area contributed by atoms with Crippen LogP contribution in [0.3, 0.4) is 0 Å². The van der Waals surface area contributed by atoms with Gasteiger partial charge in [0.2, 0.25) is 6.41 Å². The molecular formula is C14H18N2O2. The van der Waals surface area contributed by atoms with E-state index in [1.54, 1.807) is 12.0 Å². The number of amides is 1. The monoisotopic (exact) mass is 246 g/mol. The van der Waals surface area contributed by atoms with Crippen molar-refractivity contribution in [2.75, 3.05) is 20.3 Å². The molecule has 2 rings (SSSR count). The number of nitrogens with one attached hydrogen (secondary N) is 1. The molecule has 1 amide bonds. The molecule has 0 saturated carbocycles. The molecular weight excluding hydrogens is 228 g/mol. The number of carbonyl (C=O) groups excluding carboxylic acids is 1. The highest BCUT2D eigenvalue weighted by atomic mass is 16.5. The van der Waals surface area contributed by atoms with E-state index >= 15 is 0 Å². The fourth-order valence-corrected chi connectivity index (χ4v) is 2.06. The van der Waals surface area contributed by atoms with Crippen LogP contribution in [0.25, 0.3) is 10.9 Å². The van der Waals surface area contributed by atoms with E-state index in [1.807, 2.05) is 24.4 Å². The lowest BCUT2D eigenvalue weighted by Crippen LogP contribution is -2.23. The Hall–Kier alpha value is -1.81. The van der Waals surface area contributed by atoms with Gasteiger partial charge in [-0.2, -0.15) is 0 Å². The van der Waals surface area contributed by atoms with Crippen LogP contribution in [-0.4, -0.2) is 36.6 Å². The van der Waals surface area contributed by atoms with Crippen LogP contribution in [-0.2, 0) is 16.1 Å². The van der Waals surface area contributed by atoms with Crippen LogP contribution in [0.1, 0.15) is 12.0 Å². The summed E-state index contributed by atoms with van der Waals surface area (Å²) in [6, 6.07) is 8.11. The predicted octanol–water partition coefficient (Wildman–Crippen LogP) is 2.16. The maximum Gasteiger partial charge on any atom is 0.210 e. The second-order valence-electron chi connectivity index (χ2n) is 4.28. The van der Waals surface area contributed by atoms with Crippen molar-refractivity contribution >= 4 is 17.3 Å². The molecule has 0 aliphatic rings. The Morgan fingerprint density at radius 1 is 1.39 bits per heavy atom. The molecule has 1 aromatic heterocycles.